The summed E-state index contributed by atoms with van der Waals surface area (Å²) in [4.78, 5) is 70.0. The minimum Gasteiger partial charge on any atom is -0.481 e. The molecule has 15 nitrogen and oxygen atoms in total. The number of nitrogens with two attached hydrogens (primary N) is 1. The Morgan fingerprint density at radius 1 is 0.248 bits per heavy atom. The first kappa shape index (κ1) is 136. The summed E-state index contributed by atoms with van der Waals surface area (Å²) in [5, 5.41) is 36.8. The second kappa shape index (κ2) is 118. The van der Waals surface area contributed by atoms with Gasteiger partial charge in [0.05, 0.1) is 14.2 Å². The Balaban J connectivity index is -0.00000139. The van der Waals surface area contributed by atoms with Crippen LogP contribution < -0.4 is 11.1 Å². The van der Waals surface area contributed by atoms with Gasteiger partial charge >= 0.3 is 23.9 Å². The normalized spacial score (nSPS) is 12.7. The lowest BCUT2D eigenvalue weighted by atomic mass is 9.78. The molecular weight excluding hydrogens is 1650 g/mol. The van der Waals surface area contributed by atoms with Gasteiger partial charge in [-0.2, -0.15) is 0 Å². The first-order chi connectivity index (χ1) is 65.1. The van der Waals surface area contributed by atoms with Crippen LogP contribution in [0.2, 0.25) is 0 Å². The Bertz CT molecular complexity index is 2150. The van der Waals surface area contributed by atoms with Crippen LogP contribution in [0.4, 0.5) is 0 Å². The number of Topliss-reactive ketones (excluding diaryl/α,β-unsaturated/α-hetero) is 1. The van der Waals surface area contributed by atoms with Crippen molar-refractivity contribution in [2.24, 2.45) is 41.2 Å². The Hall–Kier alpha value is -3.14. The fraction of sp³-hybridized carbons (Fsp3) is 0.949. The van der Waals surface area contributed by atoms with E-state index in [-0.39, 0.29) is 36.8 Å². The molecule has 15 heteroatoms. The summed E-state index contributed by atoms with van der Waals surface area (Å²) in [7, 11) is 2.99. The smallest absolute Gasteiger partial charge is 0.305 e. The third-order valence-corrected chi connectivity index (χ3v) is 28.5. The fourth-order valence-electron chi connectivity index (χ4n) is 20.0. The molecule has 0 radical (unpaired) electrons. The van der Waals surface area contributed by atoms with E-state index in [2.05, 4.69) is 46.9 Å². The number of ether oxygens (including phenoxy) is 3. The molecule has 0 bridgehead atoms. The average molecular weight is 1890 g/mol. The van der Waals surface area contributed by atoms with E-state index in [0.29, 0.717) is 51.7 Å². The highest BCUT2D eigenvalue weighted by Crippen LogP contribution is 2.38. The van der Waals surface area contributed by atoms with Crippen LogP contribution in [0.25, 0.3) is 0 Å². The van der Waals surface area contributed by atoms with E-state index in [1.165, 1.54) is 438 Å². The van der Waals surface area contributed by atoms with Crippen molar-refractivity contribution in [1.82, 2.24) is 5.32 Å². The molecular formula is C118H234N2O13. The van der Waals surface area contributed by atoms with E-state index in [1.54, 1.807) is 6.92 Å². The number of carboxylic acids is 2. The molecule has 0 aromatic carbocycles. The van der Waals surface area contributed by atoms with Crippen LogP contribution in [0.1, 0.15) is 633 Å². The number of aliphatic carboxylic acids is 2. The molecule has 0 aliphatic heterocycles. The monoisotopic (exact) mass is 1890 g/mol. The summed E-state index contributed by atoms with van der Waals surface area (Å²) < 4.78 is 15.5. The van der Waals surface area contributed by atoms with Gasteiger partial charge in [-0.15, -0.1) is 0 Å². The van der Waals surface area contributed by atoms with Crippen LogP contribution in [0.15, 0.2) is 0 Å². The Kier molecular flexibility index (Phi) is 120. The first-order valence-electron chi connectivity index (χ1n) is 58.9. The van der Waals surface area contributed by atoms with Gasteiger partial charge in [-0.05, 0) is 120 Å². The molecule has 0 spiro atoms. The predicted octanol–water partition coefficient (Wildman–Crippen LogP) is 35.4. The van der Waals surface area contributed by atoms with E-state index < -0.39 is 11.9 Å². The number of amides is 1. The molecule has 7 N–H and O–H groups in total. The van der Waals surface area contributed by atoms with Crippen molar-refractivity contribution in [3.8, 4) is 0 Å². The van der Waals surface area contributed by atoms with Crippen molar-refractivity contribution in [3.05, 3.63) is 0 Å². The number of methoxy groups -OCH3 is 2. The highest BCUT2D eigenvalue weighted by molar-refractivity contribution is 5.79. The second-order valence-electron chi connectivity index (χ2n) is 40.9. The zero-order chi connectivity index (χ0) is 98.3. The van der Waals surface area contributed by atoms with Crippen molar-refractivity contribution in [2.45, 2.75) is 633 Å². The fourth-order valence-corrected chi connectivity index (χ4v) is 20.0. The number of hydrogen-bond acceptors (Lipinski definition) is 12. The lowest BCUT2D eigenvalue weighted by Gasteiger charge is -2.28. The van der Waals surface area contributed by atoms with Gasteiger partial charge in [0, 0.05) is 64.9 Å². The van der Waals surface area contributed by atoms with Crippen LogP contribution >= 0.6 is 0 Å². The molecule has 794 valence electrons. The number of carbonyl (C=O) groups is 6. The molecule has 6 atom stereocenters. The van der Waals surface area contributed by atoms with Crippen molar-refractivity contribution in [2.75, 3.05) is 53.7 Å². The molecule has 0 aromatic rings. The maximum atomic E-state index is 12.7. The molecule has 0 saturated carbocycles. The summed E-state index contributed by atoms with van der Waals surface area (Å²) >= 11 is 0. The molecule has 0 heterocycles. The van der Waals surface area contributed by atoms with Gasteiger partial charge in [-0.1, -0.05) is 517 Å². The molecule has 0 aromatic heterocycles. The number of aliphatic hydroxyl groups excluding tert-OH is 2. The number of carboxylic acid groups (broad SMARTS) is 2. The topological polar surface area (TPSA) is 249 Å². The van der Waals surface area contributed by atoms with Crippen molar-refractivity contribution in [1.29, 1.82) is 0 Å². The predicted molar refractivity (Wildman–Crippen MR) is 572 cm³/mol. The number of unbranched alkanes of at least 4 members (excludes halogenated alkanes) is 59. The summed E-state index contributed by atoms with van der Waals surface area (Å²) in [5.74, 6) is 4.09. The number of rotatable bonds is 106. The van der Waals surface area contributed by atoms with Crippen LogP contribution in [0.5, 0.6) is 0 Å². The van der Waals surface area contributed by atoms with Crippen LogP contribution in [-0.4, -0.2) is 110 Å². The summed E-state index contributed by atoms with van der Waals surface area (Å²) in [6.07, 6.45) is 111. The number of aliphatic hydroxyl groups is 2. The highest BCUT2D eigenvalue weighted by Gasteiger charge is 2.25. The Morgan fingerprint density at radius 3 is 0.684 bits per heavy atom. The quantitative estimate of drug-likeness (QED) is 0.0245. The van der Waals surface area contributed by atoms with E-state index >= 15 is 0 Å². The van der Waals surface area contributed by atoms with Crippen molar-refractivity contribution < 1.29 is 63.4 Å². The minimum absolute atomic E-state index is 0.0736. The molecule has 0 aliphatic rings. The number of esters is 2. The van der Waals surface area contributed by atoms with Gasteiger partial charge < -0.3 is 45.7 Å². The molecule has 0 rings (SSSR count). The number of carbonyl (C=O) groups excluding carboxylic acids is 4. The summed E-state index contributed by atoms with van der Waals surface area (Å²) in [5.41, 5.74) is 5.25. The number of ketones is 1. The molecule has 0 saturated heterocycles. The second-order valence-corrected chi connectivity index (χ2v) is 40.9. The molecule has 0 aliphatic carbocycles. The van der Waals surface area contributed by atoms with Gasteiger partial charge in [0.2, 0.25) is 5.91 Å². The van der Waals surface area contributed by atoms with E-state index in [4.69, 9.17) is 40.4 Å². The van der Waals surface area contributed by atoms with Gasteiger partial charge in [0.1, 0.15) is 6.61 Å². The molecule has 6 unspecified atom stereocenters. The van der Waals surface area contributed by atoms with Gasteiger partial charge in [-0.3, -0.25) is 28.8 Å². The lowest BCUT2D eigenvalue weighted by Crippen LogP contribution is -2.24. The maximum absolute atomic E-state index is 12.7. The Morgan fingerprint density at radius 2 is 0.451 bits per heavy atom. The third-order valence-electron chi connectivity index (χ3n) is 28.5. The van der Waals surface area contributed by atoms with Gasteiger partial charge in [0.25, 0.3) is 0 Å². The van der Waals surface area contributed by atoms with E-state index in [0.717, 1.165) is 171 Å². The minimum atomic E-state index is -0.663. The molecule has 133 heavy (non-hydrogen) atoms. The average Bonchev–Trinajstić information content (AvgIpc) is 0.923. The highest BCUT2D eigenvalue weighted by atomic mass is 16.5. The lowest BCUT2D eigenvalue weighted by molar-refractivity contribution is -0.141. The first-order valence-corrected chi connectivity index (χ1v) is 58.9. The SMILES string of the molecule is CCCCCCCCC(CCCCCCCC(=O)COCCCCCNC(=O)CCCCCCCC(CCCCCCCC)C(CCCCCCCC)CCCCCCCC(=O)OC)C(CCCCCCCC)CCCCCCCC(=O)OC.CCCCCCCCC(CCCCCCCC(=O)O)C(CCCCCCCC)CCCCCCCC(=O)O.CCO.NCCCCCCO. The van der Waals surface area contributed by atoms with Gasteiger partial charge in [-0.25, -0.2) is 0 Å². The standard InChI is InChI=1S/C76H147NO7.C34H66O4.C6H15NO.C2H6O/c1-7-11-15-19-27-40-54-69(71(56-42-29-21-17-13-9-3)60-46-33-25-37-50-64-75(80)82-5)58-44-31-23-35-48-62-73(78)68-84-67-53-39-52-66-77-74(79)63-49-36-24-32-45-59-70(55-41-28-20-16-12-8-2)72(57-43-30-22-18-14-10-4)61-47-34-26-38-51-65-76(81)83-6;1-3-5-7-9-13-19-25-31(27-21-15-11-17-23-29-33(35)36)32(26-20-14-10-8-6-4-2)28-22-16-12-18-24-30-34(37)38;7-5-3-1-2-4-6-8;1-2-3/h69-72H,7-68H2,1-6H3,(H,77,79);31-32H,3-30H2,1-2H3,(H,35,36)(H,37,38);8H,1-7H2;3H,2H2,1H3. The number of hydrogen-bond donors (Lipinski definition) is 6. The van der Waals surface area contributed by atoms with Gasteiger partial charge in [0.15, 0.2) is 5.78 Å². The summed E-state index contributed by atoms with van der Waals surface area (Å²) in [6, 6.07) is 0. The summed E-state index contributed by atoms with van der Waals surface area (Å²) in [6.45, 7) is 18.5. The van der Waals surface area contributed by atoms with Crippen LogP contribution in [-0.2, 0) is 43.0 Å². The zero-order valence-electron chi connectivity index (χ0n) is 90.6. The zero-order valence-corrected chi connectivity index (χ0v) is 90.6. The van der Waals surface area contributed by atoms with Crippen molar-refractivity contribution >= 4 is 35.6 Å². The van der Waals surface area contributed by atoms with Crippen LogP contribution in [0.3, 0.4) is 0 Å². The van der Waals surface area contributed by atoms with Crippen molar-refractivity contribution in [3.63, 3.8) is 0 Å². The largest absolute Gasteiger partial charge is 0.481 e. The van der Waals surface area contributed by atoms with E-state index in [9.17, 15) is 28.8 Å². The number of nitrogens with one attached hydrogen (secondary N) is 1. The third kappa shape index (κ3) is 111. The maximum Gasteiger partial charge on any atom is 0.305 e. The molecule has 0 fully saturated rings. The Labute approximate surface area is 827 Å². The van der Waals surface area contributed by atoms with Crippen LogP contribution in [0, 0.1) is 35.5 Å². The molecule has 1 amide bonds. The van der Waals surface area contributed by atoms with E-state index in [1.807, 2.05) is 0 Å².